The van der Waals surface area contributed by atoms with Gasteiger partial charge < -0.3 is 5.32 Å². The van der Waals surface area contributed by atoms with E-state index in [0.717, 1.165) is 23.4 Å². The van der Waals surface area contributed by atoms with Crippen LogP contribution in [0.2, 0.25) is 0 Å². The zero-order chi connectivity index (χ0) is 19.8. The van der Waals surface area contributed by atoms with Crippen LogP contribution in [0.15, 0.2) is 95.0 Å². The maximum absolute atomic E-state index is 13.5. The Morgan fingerprint density at radius 1 is 0.828 bits per heavy atom. The van der Waals surface area contributed by atoms with Crippen molar-refractivity contribution >= 4 is 23.2 Å². The van der Waals surface area contributed by atoms with Crippen LogP contribution in [0.25, 0.3) is 0 Å². The SMILES string of the molecule is Cc1ccc([C@@H]2Sc3ccccc3NC3=C2C(=O)C[C@H](c2ccccc2)C3)cc1. The number of fused-ring (bicyclic) bond motifs is 1. The molecular weight excluding hydrogens is 374 g/mol. The third-order valence-corrected chi connectivity index (χ3v) is 7.19. The van der Waals surface area contributed by atoms with E-state index >= 15 is 0 Å². The van der Waals surface area contributed by atoms with Gasteiger partial charge in [0.05, 0.1) is 10.9 Å². The largest absolute Gasteiger partial charge is 0.358 e. The van der Waals surface area contributed by atoms with Crippen LogP contribution in [-0.2, 0) is 4.79 Å². The van der Waals surface area contributed by atoms with E-state index in [0.29, 0.717) is 6.42 Å². The molecule has 0 spiro atoms. The highest BCUT2D eigenvalue weighted by molar-refractivity contribution is 8.00. The second-order valence-electron chi connectivity index (χ2n) is 7.86. The van der Waals surface area contributed by atoms with Crippen molar-refractivity contribution in [2.45, 2.75) is 35.8 Å². The number of carbonyl (C=O) groups excluding carboxylic acids is 1. The van der Waals surface area contributed by atoms with Gasteiger partial charge in [0.25, 0.3) is 0 Å². The van der Waals surface area contributed by atoms with Crippen LogP contribution in [-0.4, -0.2) is 5.78 Å². The molecule has 29 heavy (non-hydrogen) atoms. The lowest BCUT2D eigenvalue weighted by molar-refractivity contribution is -0.116. The van der Waals surface area contributed by atoms with Crippen molar-refractivity contribution in [1.82, 2.24) is 0 Å². The highest BCUT2D eigenvalue weighted by atomic mass is 32.2. The van der Waals surface area contributed by atoms with Crippen molar-refractivity contribution in [2.24, 2.45) is 0 Å². The summed E-state index contributed by atoms with van der Waals surface area (Å²) in [5, 5.41) is 3.66. The lowest BCUT2D eigenvalue weighted by atomic mass is 9.80. The molecule has 0 saturated carbocycles. The van der Waals surface area contributed by atoms with E-state index in [-0.39, 0.29) is 17.0 Å². The van der Waals surface area contributed by atoms with Crippen LogP contribution in [0.3, 0.4) is 0 Å². The first kappa shape index (κ1) is 18.3. The molecule has 0 bridgehead atoms. The predicted octanol–water partition coefficient (Wildman–Crippen LogP) is 6.65. The molecule has 0 amide bonds. The van der Waals surface area contributed by atoms with E-state index in [2.05, 4.69) is 85.0 Å². The van der Waals surface area contributed by atoms with Crippen LogP contribution in [0.1, 0.15) is 40.7 Å². The van der Waals surface area contributed by atoms with Gasteiger partial charge in [-0.1, -0.05) is 72.3 Å². The number of aryl methyl sites for hydroxylation is 1. The van der Waals surface area contributed by atoms with Gasteiger partial charge in [-0.25, -0.2) is 0 Å². The molecule has 3 heteroatoms. The smallest absolute Gasteiger partial charge is 0.162 e. The van der Waals surface area contributed by atoms with Gasteiger partial charge in [0.1, 0.15) is 0 Å². The number of nitrogens with one attached hydrogen (secondary N) is 1. The van der Waals surface area contributed by atoms with Crippen LogP contribution in [0, 0.1) is 6.92 Å². The molecule has 2 nitrogen and oxygen atoms in total. The van der Waals surface area contributed by atoms with Gasteiger partial charge in [-0.05, 0) is 42.5 Å². The number of allylic oxidation sites excluding steroid dienone is 1. The molecular formula is C26H23NOS. The van der Waals surface area contributed by atoms with Gasteiger partial charge in [0, 0.05) is 22.6 Å². The minimum Gasteiger partial charge on any atom is -0.358 e. The van der Waals surface area contributed by atoms with Gasteiger partial charge in [-0.15, -0.1) is 11.8 Å². The predicted molar refractivity (Wildman–Crippen MR) is 120 cm³/mol. The third-order valence-electron chi connectivity index (χ3n) is 5.84. The van der Waals surface area contributed by atoms with E-state index in [1.165, 1.54) is 21.6 Å². The number of carbonyl (C=O) groups is 1. The molecule has 1 N–H and O–H groups in total. The third kappa shape index (κ3) is 3.51. The van der Waals surface area contributed by atoms with Gasteiger partial charge in [-0.2, -0.15) is 0 Å². The minimum absolute atomic E-state index is 0.0194. The summed E-state index contributed by atoms with van der Waals surface area (Å²) in [6, 6.07) is 27.4. The molecule has 0 unspecified atom stereocenters. The van der Waals surface area contributed by atoms with E-state index < -0.39 is 0 Å². The summed E-state index contributed by atoms with van der Waals surface area (Å²) < 4.78 is 0. The molecule has 1 heterocycles. The zero-order valence-electron chi connectivity index (χ0n) is 16.4. The van der Waals surface area contributed by atoms with E-state index in [1.54, 1.807) is 11.8 Å². The fraction of sp³-hybridized carbons (Fsp3) is 0.192. The summed E-state index contributed by atoms with van der Waals surface area (Å²) in [6.45, 7) is 2.10. The second kappa shape index (κ2) is 7.57. The topological polar surface area (TPSA) is 29.1 Å². The Morgan fingerprint density at radius 3 is 2.34 bits per heavy atom. The first-order chi connectivity index (χ1) is 14.2. The molecule has 2 atom stereocenters. The maximum atomic E-state index is 13.5. The van der Waals surface area contributed by atoms with E-state index in [4.69, 9.17) is 0 Å². The lowest BCUT2D eigenvalue weighted by Gasteiger charge is -2.29. The number of hydrogen-bond acceptors (Lipinski definition) is 3. The molecule has 0 fully saturated rings. The molecule has 0 saturated heterocycles. The molecule has 5 rings (SSSR count). The number of Topliss-reactive ketones (excluding diaryl/α,β-unsaturated/α-hetero) is 1. The molecule has 1 aliphatic heterocycles. The fourth-order valence-electron chi connectivity index (χ4n) is 4.31. The van der Waals surface area contributed by atoms with E-state index in [1.807, 2.05) is 6.07 Å². The van der Waals surface area contributed by atoms with Crippen molar-refractivity contribution in [1.29, 1.82) is 0 Å². The number of ketones is 1. The van der Waals surface area contributed by atoms with Crippen LogP contribution in [0.5, 0.6) is 0 Å². The van der Waals surface area contributed by atoms with Crippen molar-refractivity contribution in [3.63, 3.8) is 0 Å². The Morgan fingerprint density at radius 2 is 1.55 bits per heavy atom. The zero-order valence-corrected chi connectivity index (χ0v) is 17.2. The molecule has 3 aromatic rings. The summed E-state index contributed by atoms with van der Waals surface area (Å²) in [4.78, 5) is 14.6. The molecule has 3 aromatic carbocycles. The summed E-state index contributed by atoms with van der Waals surface area (Å²) in [6.07, 6.45) is 1.44. The lowest BCUT2D eigenvalue weighted by Crippen LogP contribution is -2.23. The summed E-state index contributed by atoms with van der Waals surface area (Å²) >= 11 is 1.78. The molecule has 1 aliphatic carbocycles. The second-order valence-corrected chi connectivity index (χ2v) is 9.01. The Kier molecular flexibility index (Phi) is 4.76. The Labute approximate surface area is 176 Å². The first-order valence-corrected chi connectivity index (χ1v) is 11.0. The van der Waals surface area contributed by atoms with Crippen LogP contribution in [0.4, 0.5) is 5.69 Å². The summed E-state index contributed by atoms with van der Waals surface area (Å²) in [5.74, 6) is 0.488. The number of rotatable bonds is 2. The van der Waals surface area contributed by atoms with Gasteiger partial charge in [0.2, 0.25) is 0 Å². The standard InChI is InChI=1S/C26H23NOS/c1-17-11-13-19(14-12-17)26-25-22(27-21-9-5-6-10-24(21)29-26)15-20(16-23(25)28)18-7-3-2-4-8-18/h2-14,20,26-27H,15-16H2,1H3/t20-,26+/m1/s1. The summed E-state index contributed by atoms with van der Waals surface area (Å²) in [7, 11) is 0. The highest BCUT2D eigenvalue weighted by Gasteiger charge is 2.36. The quantitative estimate of drug-likeness (QED) is 0.524. The average molecular weight is 398 g/mol. The highest BCUT2D eigenvalue weighted by Crippen LogP contribution is 2.51. The number of hydrogen-bond donors (Lipinski definition) is 1. The Bertz CT molecular complexity index is 1090. The Hall–Kier alpha value is -2.78. The fourth-order valence-corrected chi connectivity index (χ4v) is 5.65. The monoisotopic (exact) mass is 397 g/mol. The van der Waals surface area contributed by atoms with E-state index in [9.17, 15) is 4.79 Å². The minimum atomic E-state index is 0.0194. The molecule has 0 aromatic heterocycles. The van der Waals surface area contributed by atoms with Gasteiger partial charge in [-0.3, -0.25) is 4.79 Å². The summed E-state index contributed by atoms with van der Waals surface area (Å²) in [5.41, 5.74) is 6.80. The normalized spacial score (nSPS) is 21.1. The van der Waals surface area contributed by atoms with Crippen molar-refractivity contribution < 1.29 is 4.79 Å². The van der Waals surface area contributed by atoms with Gasteiger partial charge >= 0.3 is 0 Å². The first-order valence-electron chi connectivity index (χ1n) is 10.1. The van der Waals surface area contributed by atoms with Crippen molar-refractivity contribution in [3.8, 4) is 0 Å². The van der Waals surface area contributed by atoms with Crippen LogP contribution < -0.4 is 5.32 Å². The van der Waals surface area contributed by atoms with Crippen molar-refractivity contribution in [3.05, 3.63) is 107 Å². The number of thioether (sulfide) groups is 1. The van der Waals surface area contributed by atoms with Crippen molar-refractivity contribution in [2.75, 3.05) is 5.32 Å². The molecule has 0 radical (unpaired) electrons. The van der Waals surface area contributed by atoms with Gasteiger partial charge in [0.15, 0.2) is 5.78 Å². The number of anilines is 1. The number of para-hydroxylation sites is 1. The Balaban J connectivity index is 1.61. The maximum Gasteiger partial charge on any atom is 0.162 e. The molecule has 2 aliphatic rings. The average Bonchev–Trinajstić information content (AvgIpc) is 2.92. The molecule has 144 valence electrons. The number of benzene rings is 3. The van der Waals surface area contributed by atoms with Crippen LogP contribution >= 0.6 is 11.8 Å².